The van der Waals surface area contributed by atoms with Crippen LogP contribution in [-0.4, -0.2) is 68.6 Å². The van der Waals surface area contributed by atoms with Gasteiger partial charge in [-0.05, 0) is 13.0 Å². The first-order valence-electron chi connectivity index (χ1n) is 6.52. The van der Waals surface area contributed by atoms with E-state index in [1.807, 2.05) is 0 Å². The van der Waals surface area contributed by atoms with Crippen LogP contribution in [0.2, 0.25) is 0 Å². The normalized spacial score (nSPS) is 19.9. The zero-order valence-corrected chi connectivity index (χ0v) is 11.4. The smallest absolute Gasteiger partial charge is 0.188 e. The Morgan fingerprint density at radius 3 is 2.53 bits per heavy atom. The number of hydrogen-bond donors (Lipinski definition) is 2. The largest absolute Gasteiger partial charge is 0.370 e. The molecule has 1 saturated heterocycles. The minimum atomic E-state index is 0.563. The van der Waals surface area contributed by atoms with E-state index in [-0.39, 0.29) is 0 Å². The van der Waals surface area contributed by atoms with E-state index in [9.17, 15) is 0 Å². The van der Waals surface area contributed by atoms with Gasteiger partial charge in [0.1, 0.15) is 0 Å². The Bertz CT molecular complexity index is 231. The van der Waals surface area contributed by atoms with Gasteiger partial charge in [-0.1, -0.05) is 13.8 Å². The minimum absolute atomic E-state index is 0.563. The van der Waals surface area contributed by atoms with Crippen molar-refractivity contribution < 1.29 is 0 Å². The second-order valence-corrected chi connectivity index (χ2v) is 5.19. The van der Waals surface area contributed by atoms with E-state index in [2.05, 4.69) is 41.0 Å². The molecule has 1 heterocycles. The fraction of sp³-hybridized carbons (Fsp3) is 0.917. The third-order valence-electron chi connectivity index (χ3n) is 2.96. The van der Waals surface area contributed by atoms with E-state index < -0.39 is 0 Å². The quantitative estimate of drug-likeness (QED) is 0.517. The van der Waals surface area contributed by atoms with Crippen molar-refractivity contribution in [2.75, 3.05) is 52.9 Å². The van der Waals surface area contributed by atoms with Gasteiger partial charge in [0.25, 0.3) is 0 Å². The van der Waals surface area contributed by atoms with Crippen LogP contribution in [0.15, 0.2) is 4.99 Å². The van der Waals surface area contributed by atoms with Crippen molar-refractivity contribution in [3.63, 3.8) is 0 Å². The summed E-state index contributed by atoms with van der Waals surface area (Å²) in [5.41, 5.74) is 5.77. The average Bonchev–Trinajstić information content (AvgIpc) is 2.29. The van der Waals surface area contributed by atoms with Gasteiger partial charge in [-0.2, -0.15) is 0 Å². The molecule has 1 aliphatic heterocycles. The summed E-state index contributed by atoms with van der Waals surface area (Å²) >= 11 is 0. The predicted molar refractivity (Wildman–Crippen MR) is 73.3 cm³/mol. The van der Waals surface area contributed by atoms with Crippen LogP contribution < -0.4 is 11.1 Å². The van der Waals surface area contributed by atoms with Gasteiger partial charge in [0, 0.05) is 45.8 Å². The Hall–Kier alpha value is -0.810. The van der Waals surface area contributed by atoms with Crippen molar-refractivity contribution in [2.45, 2.75) is 13.8 Å². The van der Waals surface area contributed by atoms with Crippen molar-refractivity contribution in [2.24, 2.45) is 16.6 Å². The maximum atomic E-state index is 5.77. The number of rotatable bonds is 5. The van der Waals surface area contributed by atoms with E-state index in [0.717, 1.165) is 45.8 Å². The third-order valence-corrected chi connectivity index (χ3v) is 2.96. The molecule has 0 aromatic rings. The van der Waals surface area contributed by atoms with Crippen molar-refractivity contribution >= 4 is 5.96 Å². The monoisotopic (exact) mass is 241 g/mol. The van der Waals surface area contributed by atoms with Crippen LogP contribution in [0.5, 0.6) is 0 Å². The number of guanidine groups is 1. The maximum absolute atomic E-state index is 5.77. The fourth-order valence-corrected chi connectivity index (χ4v) is 1.75. The first-order chi connectivity index (χ1) is 8.08. The van der Waals surface area contributed by atoms with Crippen LogP contribution in [-0.2, 0) is 0 Å². The van der Waals surface area contributed by atoms with Gasteiger partial charge in [-0.3, -0.25) is 9.89 Å². The molecule has 1 fully saturated rings. The van der Waals surface area contributed by atoms with Crippen LogP contribution in [0, 0.1) is 5.92 Å². The van der Waals surface area contributed by atoms with Gasteiger partial charge < -0.3 is 16.0 Å². The summed E-state index contributed by atoms with van der Waals surface area (Å²) in [6.45, 7) is 11.6. The highest BCUT2D eigenvalue weighted by atomic mass is 15.3. The van der Waals surface area contributed by atoms with Gasteiger partial charge in [-0.15, -0.1) is 0 Å². The van der Waals surface area contributed by atoms with Crippen molar-refractivity contribution in [1.82, 2.24) is 15.1 Å². The average molecular weight is 241 g/mol. The molecule has 0 radical (unpaired) electrons. The molecule has 0 spiro atoms. The highest BCUT2D eigenvalue weighted by Gasteiger charge is 2.12. The Labute approximate surface area is 105 Å². The number of piperazine rings is 1. The molecule has 17 heavy (non-hydrogen) atoms. The molecule has 3 N–H and O–H groups in total. The summed E-state index contributed by atoms with van der Waals surface area (Å²) in [5, 5.41) is 3.17. The highest BCUT2D eigenvalue weighted by molar-refractivity contribution is 5.77. The lowest BCUT2D eigenvalue weighted by Crippen LogP contribution is -2.47. The van der Waals surface area contributed by atoms with Gasteiger partial charge >= 0.3 is 0 Å². The lowest BCUT2D eigenvalue weighted by Gasteiger charge is -2.32. The minimum Gasteiger partial charge on any atom is -0.370 e. The second kappa shape index (κ2) is 7.50. The molecule has 5 nitrogen and oxygen atoms in total. The number of aliphatic imine (C=N–C) groups is 1. The molecule has 1 rings (SSSR count). The van der Waals surface area contributed by atoms with Crippen LogP contribution in [0.4, 0.5) is 0 Å². The highest BCUT2D eigenvalue weighted by Crippen LogP contribution is 1.97. The zero-order valence-electron chi connectivity index (χ0n) is 11.4. The summed E-state index contributed by atoms with van der Waals surface area (Å²) in [7, 11) is 2.17. The van der Waals surface area contributed by atoms with E-state index in [4.69, 9.17) is 5.73 Å². The molecule has 0 aromatic heterocycles. The van der Waals surface area contributed by atoms with Crippen molar-refractivity contribution in [3.8, 4) is 0 Å². The summed E-state index contributed by atoms with van der Waals surface area (Å²) < 4.78 is 0. The van der Waals surface area contributed by atoms with E-state index in [1.54, 1.807) is 0 Å². The molecule has 100 valence electrons. The summed E-state index contributed by atoms with van der Waals surface area (Å²) in [4.78, 5) is 9.10. The van der Waals surface area contributed by atoms with Gasteiger partial charge in [0.15, 0.2) is 5.96 Å². The van der Waals surface area contributed by atoms with Crippen LogP contribution in [0.3, 0.4) is 0 Å². The molecular weight excluding hydrogens is 214 g/mol. The second-order valence-electron chi connectivity index (χ2n) is 5.19. The van der Waals surface area contributed by atoms with E-state index in [1.165, 1.54) is 0 Å². The molecule has 5 heteroatoms. The number of nitrogens with one attached hydrogen (secondary N) is 1. The molecule has 0 atom stereocenters. The van der Waals surface area contributed by atoms with Crippen LogP contribution in [0.25, 0.3) is 0 Å². The van der Waals surface area contributed by atoms with E-state index in [0.29, 0.717) is 11.9 Å². The summed E-state index contributed by atoms with van der Waals surface area (Å²) in [5.74, 6) is 1.14. The summed E-state index contributed by atoms with van der Waals surface area (Å²) in [6, 6.07) is 0. The predicted octanol–water partition coefficient (Wildman–Crippen LogP) is -0.206. The van der Waals surface area contributed by atoms with Gasteiger partial charge in [0.05, 0.1) is 0 Å². The third kappa shape index (κ3) is 6.48. The first kappa shape index (κ1) is 14.3. The lowest BCUT2D eigenvalue weighted by molar-refractivity contribution is 0.156. The molecule has 0 aliphatic carbocycles. The van der Waals surface area contributed by atoms with Gasteiger partial charge in [0.2, 0.25) is 0 Å². The Morgan fingerprint density at radius 1 is 1.29 bits per heavy atom. The molecule has 0 unspecified atom stereocenters. The molecule has 1 aliphatic rings. The lowest BCUT2D eigenvalue weighted by atomic mass is 10.2. The van der Waals surface area contributed by atoms with Crippen LogP contribution >= 0.6 is 0 Å². The number of nitrogens with two attached hydrogens (primary N) is 1. The molecule has 0 aromatic carbocycles. The number of hydrogen-bond acceptors (Lipinski definition) is 3. The molecule has 0 saturated carbocycles. The maximum Gasteiger partial charge on any atom is 0.188 e. The van der Waals surface area contributed by atoms with Crippen molar-refractivity contribution in [1.29, 1.82) is 0 Å². The summed E-state index contributed by atoms with van der Waals surface area (Å²) in [6.07, 6.45) is 0. The Balaban J connectivity index is 2.09. The number of nitrogens with zero attached hydrogens (tertiary/aromatic N) is 3. The Morgan fingerprint density at radius 2 is 1.94 bits per heavy atom. The molecule has 0 amide bonds. The zero-order chi connectivity index (χ0) is 12.7. The Kier molecular flexibility index (Phi) is 6.29. The topological polar surface area (TPSA) is 56.9 Å². The van der Waals surface area contributed by atoms with E-state index >= 15 is 0 Å². The fourth-order valence-electron chi connectivity index (χ4n) is 1.75. The van der Waals surface area contributed by atoms with Crippen LogP contribution in [0.1, 0.15) is 13.8 Å². The SMILES string of the molecule is CC(C)CN=C(N)NCCN1CCN(C)CC1. The first-order valence-corrected chi connectivity index (χ1v) is 6.52. The molecule has 0 bridgehead atoms. The van der Waals surface area contributed by atoms with Crippen molar-refractivity contribution in [3.05, 3.63) is 0 Å². The van der Waals surface area contributed by atoms with Gasteiger partial charge in [-0.25, -0.2) is 0 Å². The molecular formula is C12H27N5. The standard InChI is InChI=1S/C12H27N5/c1-11(2)10-15-12(13)14-4-5-17-8-6-16(3)7-9-17/h11H,4-10H2,1-3H3,(H3,13,14,15). The number of likely N-dealkylation sites (N-methyl/N-ethyl adjacent to an activating group) is 1.